The number of rotatable bonds is 4. The summed E-state index contributed by atoms with van der Waals surface area (Å²) in [7, 11) is 0. The Labute approximate surface area is 343 Å². The van der Waals surface area contributed by atoms with Gasteiger partial charge in [0.15, 0.2) is 0 Å². The lowest BCUT2D eigenvalue weighted by molar-refractivity contribution is 0.661. The van der Waals surface area contributed by atoms with Crippen LogP contribution in [-0.4, -0.2) is 0 Å². The van der Waals surface area contributed by atoms with Crippen molar-refractivity contribution in [2.75, 3.05) is 0 Å². The van der Waals surface area contributed by atoms with Crippen LogP contribution in [-0.2, 0) is 5.41 Å². The zero-order chi connectivity index (χ0) is 39.0. The Balaban J connectivity index is 0.880. The van der Waals surface area contributed by atoms with Crippen molar-refractivity contribution < 1.29 is 0 Å². The van der Waals surface area contributed by atoms with E-state index in [0.29, 0.717) is 0 Å². The Morgan fingerprint density at radius 2 is 0.610 bits per heavy atom. The van der Waals surface area contributed by atoms with Gasteiger partial charge >= 0.3 is 0 Å². The van der Waals surface area contributed by atoms with E-state index in [9.17, 15) is 0 Å². The van der Waals surface area contributed by atoms with Crippen molar-refractivity contribution in [1.29, 1.82) is 0 Å². The van der Waals surface area contributed by atoms with Gasteiger partial charge < -0.3 is 0 Å². The van der Waals surface area contributed by atoms with E-state index in [1.54, 1.807) is 0 Å². The zero-order valence-corrected chi connectivity index (χ0v) is 33.0. The van der Waals surface area contributed by atoms with Crippen LogP contribution < -0.4 is 0 Å². The van der Waals surface area contributed by atoms with Gasteiger partial charge in [-0.3, -0.25) is 0 Å². The monoisotopic (exact) mass is 746 g/mol. The molecule has 0 spiro atoms. The maximum atomic E-state index is 2.45. The van der Waals surface area contributed by atoms with E-state index in [0.717, 1.165) is 0 Å². The van der Waals surface area contributed by atoms with Crippen LogP contribution >= 0.6 is 0 Å². The zero-order valence-electron chi connectivity index (χ0n) is 33.0. The Morgan fingerprint density at radius 3 is 1.07 bits per heavy atom. The van der Waals surface area contributed by atoms with Crippen LogP contribution in [0.4, 0.5) is 0 Å². The van der Waals surface area contributed by atoms with Crippen molar-refractivity contribution in [3.8, 4) is 55.6 Å². The fourth-order valence-electron chi connectivity index (χ4n) is 10.8. The van der Waals surface area contributed by atoms with Gasteiger partial charge in [0, 0.05) is 5.41 Å². The lowest BCUT2D eigenvalue weighted by Crippen LogP contribution is -2.15. The first kappa shape index (κ1) is 32.8. The van der Waals surface area contributed by atoms with E-state index in [1.807, 2.05) is 0 Å². The summed E-state index contributed by atoms with van der Waals surface area (Å²) < 4.78 is 0. The second-order valence-electron chi connectivity index (χ2n) is 17.3. The van der Waals surface area contributed by atoms with Gasteiger partial charge in [0.05, 0.1) is 0 Å². The predicted molar refractivity (Wildman–Crippen MR) is 253 cm³/mol. The maximum absolute atomic E-state index is 2.45. The van der Waals surface area contributed by atoms with Gasteiger partial charge in [0.1, 0.15) is 0 Å². The highest BCUT2D eigenvalue weighted by atomic mass is 14.4. The maximum Gasteiger partial charge on any atom is 0.0159 e. The molecular weight excluding hydrogens is 709 g/mol. The minimum atomic E-state index is -0.153. The van der Waals surface area contributed by atoms with E-state index >= 15 is 0 Å². The van der Waals surface area contributed by atoms with E-state index in [1.165, 1.54) is 131 Å². The first-order valence-corrected chi connectivity index (χ1v) is 20.8. The highest BCUT2D eigenvalue weighted by Crippen LogP contribution is 2.51. The average Bonchev–Trinajstić information content (AvgIpc) is 3.51. The topological polar surface area (TPSA) is 0 Å². The van der Waals surface area contributed by atoms with E-state index in [-0.39, 0.29) is 5.41 Å². The quantitative estimate of drug-likeness (QED) is 0.157. The first-order chi connectivity index (χ1) is 29.0. The molecule has 0 aliphatic heterocycles. The van der Waals surface area contributed by atoms with Gasteiger partial charge in [0.2, 0.25) is 0 Å². The van der Waals surface area contributed by atoms with Gasteiger partial charge in [-0.15, -0.1) is 0 Å². The second kappa shape index (κ2) is 11.9. The lowest BCUT2D eigenvalue weighted by atomic mass is 9.80. The molecule has 0 atom stereocenters. The van der Waals surface area contributed by atoms with Gasteiger partial charge in [-0.2, -0.15) is 0 Å². The summed E-state index contributed by atoms with van der Waals surface area (Å²) in [5.74, 6) is 0. The summed E-state index contributed by atoms with van der Waals surface area (Å²) in [5.41, 5.74) is 15.4. The largest absolute Gasteiger partial charge is 0.0610 e. The van der Waals surface area contributed by atoms with E-state index in [4.69, 9.17) is 0 Å². The highest BCUT2D eigenvalue weighted by Gasteiger charge is 2.36. The fourth-order valence-corrected chi connectivity index (χ4v) is 10.8. The summed E-state index contributed by atoms with van der Waals surface area (Å²) in [6, 6.07) is 73.3. The lowest BCUT2D eigenvalue weighted by Gasteiger charge is -2.23. The number of fused-ring (bicyclic) bond motifs is 3. The predicted octanol–water partition coefficient (Wildman–Crippen LogP) is 16.5. The molecule has 1 aliphatic carbocycles. The van der Waals surface area contributed by atoms with Crippen LogP contribution in [0.1, 0.15) is 25.0 Å². The third-order valence-electron chi connectivity index (χ3n) is 13.7. The third-order valence-corrected chi connectivity index (χ3v) is 13.7. The van der Waals surface area contributed by atoms with Crippen LogP contribution in [0, 0.1) is 0 Å². The number of benzene rings is 12. The first-order valence-electron chi connectivity index (χ1n) is 20.8. The van der Waals surface area contributed by atoms with Gasteiger partial charge in [-0.25, -0.2) is 0 Å². The van der Waals surface area contributed by atoms with Gasteiger partial charge in [0.25, 0.3) is 0 Å². The second-order valence-corrected chi connectivity index (χ2v) is 17.3. The third kappa shape index (κ3) is 4.66. The summed E-state index contributed by atoms with van der Waals surface area (Å²) in [5, 5.41) is 15.8. The van der Waals surface area contributed by atoms with Crippen molar-refractivity contribution in [3.05, 3.63) is 205 Å². The molecule has 0 saturated heterocycles. The molecule has 13 rings (SSSR count). The molecule has 0 radical (unpaired) electrons. The molecular formula is C59H38. The molecule has 0 nitrogen and oxygen atoms in total. The molecule has 0 heteroatoms. The van der Waals surface area contributed by atoms with Crippen LogP contribution in [0.3, 0.4) is 0 Å². The summed E-state index contributed by atoms with van der Waals surface area (Å²) in [6.45, 7) is 4.80. The Morgan fingerprint density at radius 1 is 0.254 bits per heavy atom. The van der Waals surface area contributed by atoms with Crippen molar-refractivity contribution in [2.45, 2.75) is 19.3 Å². The SMILES string of the molecule is CC1(C)c2cc(-c3cccc(-c4cc5cccc6ccc7cccc4c7c65)c3)ccc2-c2ccc(-c3cccc(-c4cc5cccc6ccc7cccc4c7c65)c3)cc21. The fraction of sp³-hybridized carbons (Fsp3) is 0.0508. The minimum Gasteiger partial charge on any atom is -0.0610 e. The molecule has 1 aliphatic rings. The molecule has 0 fully saturated rings. The van der Waals surface area contributed by atoms with Crippen molar-refractivity contribution >= 4 is 64.6 Å². The van der Waals surface area contributed by atoms with E-state index in [2.05, 4.69) is 208 Å². The molecule has 59 heavy (non-hydrogen) atoms. The Bertz CT molecular complexity index is 3450. The van der Waals surface area contributed by atoms with Gasteiger partial charge in [-0.05, 0) is 168 Å². The highest BCUT2D eigenvalue weighted by molar-refractivity contribution is 6.27. The molecule has 0 heterocycles. The number of hydrogen-bond donors (Lipinski definition) is 0. The molecule has 0 saturated carbocycles. The molecule has 0 aromatic heterocycles. The standard InChI is InChI=1S/C59H38/c1-59(2)53-33-41(39-13-5-15-43(29-39)51-31-45-17-3-9-35-21-23-37-11-7-19-49(51)57(37)55(35)45)25-27-47(53)48-28-26-42(34-54(48)59)40-14-6-16-44(30-40)52-32-46-18-4-10-36-22-24-38-12-8-20-50(52)58(38)56(36)46/h3-34H,1-2H3. The van der Waals surface area contributed by atoms with Gasteiger partial charge in [-0.1, -0.05) is 172 Å². The van der Waals surface area contributed by atoms with Crippen molar-refractivity contribution in [2.24, 2.45) is 0 Å². The summed E-state index contributed by atoms with van der Waals surface area (Å²) in [4.78, 5) is 0. The summed E-state index contributed by atoms with van der Waals surface area (Å²) in [6.07, 6.45) is 0. The molecule has 0 unspecified atom stereocenters. The van der Waals surface area contributed by atoms with Crippen LogP contribution in [0.25, 0.3) is 120 Å². The summed E-state index contributed by atoms with van der Waals surface area (Å²) >= 11 is 0. The Kier molecular flexibility index (Phi) is 6.60. The molecule has 0 N–H and O–H groups in total. The molecule has 0 amide bonds. The average molecular weight is 747 g/mol. The van der Waals surface area contributed by atoms with E-state index < -0.39 is 0 Å². The normalized spacial score (nSPS) is 13.4. The Hall–Kier alpha value is -7.28. The van der Waals surface area contributed by atoms with Crippen molar-refractivity contribution in [1.82, 2.24) is 0 Å². The van der Waals surface area contributed by atoms with Crippen LogP contribution in [0.2, 0.25) is 0 Å². The smallest absolute Gasteiger partial charge is 0.0159 e. The number of hydrogen-bond acceptors (Lipinski definition) is 0. The minimum absolute atomic E-state index is 0.153. The molecule has 12 aromatic carbocycles. The van der Waals surface area contributed by atoms with Crippen LogP contribution in [0.5, 0.6) is 0 Å². The van der Waals surface area contributed by atoms with Crippen molar-refractivity contribution in [3.63, 3.8) is 0 Å². The molecule has 0 bridgehead atoms. The molecule has 274 valence electrons. The molecule has 12 aromatic rings. The van der Waals surface area contributed by atoms with Crippen LogP contribution in [0.15, 0.2) is 194 Å².